The number of rotatable bonds is 8. The highest BCUT2D eigenvalue weighted by molar-refractivity contribution is 7.89. The van der Waals surface area contributed by atoms with Crippen molar-refractivity contribution in [3.63, 3.8) is 0 Å². The van der Waals surface area contributed by atoms with Crippen LogP contribution in [0.1, 0.15) is 31.1 Å². The molecule has 0 saturated carbocycles. The summed E-state index contributed by atoms with van der Waals surface area (Å²) >= 11 is 1.39. The van der Waals surface area contributed by atoms with E-state index >= 15 is 0 Å². The second-order valence-corrected chi connectivity index (χ2v) is 11.5. The molecule has 1 aliphatic rings. The molecule has 2 heterocycles. The van der Waals surface area contributed by atoms with Gasteiger partial charge in [0.05, 0.1) is 35.0 Å². The summed E-state index contributed by atoms with van der Waals surface area (Å²) in [6, 6.07) is 11.7. The molecular formula is C25H31N3O6S2. The monoisotopic (exact) mass is 533 g/mol. The number of amides is 1. The van der Waals surface area contributed by atoms with E-state index in [0.29, 0.717) is 43.2 Å². The number of fused-ring (bicyclic) bond motifs is 1. The van der Waals surface area contributed by atoms with Gasteiger partial charge >= 0.3 is 0 Å². The summed E-state index contributed by atoms with van der Waals surface area (Å²) in [5.41, 5.74) is 1.17. The van der Waals surface area contributed by atoms with E-state index < -0.39 is 15.9 Å². The normalized spacial score (nSPS) is 19.6. The lowest BCUT2D eigenvalue weighted by Gasteiger charge is -2.34. The van der Waals surface area contributed by atoms with Gasteiger partial charge in [-0.3, -0.25) is 4.79 Å². The molecule has 36 heavy (non-hydrogen) atoms. The lowest BCUT2D eigenvalue weighted by Crippen LogP contribution is -2.48. The highest BCUT2D eigenvalue weighted by atomic mass is 32.2. The Labute approximate surface area is 215 Å². The summed E-state index contributed by atoms with van der Waals surface area (Å²) in [5, 5.41) is 0. The molecule has 2 aromatic carbocycles. The van der Waals surface area contributed by atoms with E-state index in [1.54, 1.807) is 7.11 Å². The van der Waals surface area contributed by atoms with Crippen LogP contribution in [0, 0.1) is 0 Å². The van der Waals surface area contributed by atoms with Gasteiger partial charge < -0.3 is 18.8 Å². The molecule has 0 N–H and O–H groups in total. The number of hydrogen-bond acceptors (Lipinski definition) is 7. The minimum absolute atomic E-state index is 0.138. The third kappa shape index (κ3) is 5.55. The number of sulfonamides is 1. The Kier molecular flexibility index (Phi) is 8.26. The van der Waals surface area contributed by atoms with E-state index in [4.69, 9.17) is 14.2 Å². The molecule has 11 heteroatoms. The van der Waals surface area contributed by atoms with E-state index in [0.717, 1.165) is 16.0 Å². The molecule has 2 unspecified atom stereocenters. The number of morpholine rings is 1. The van der Waals surface area contributed by atoms with E-state index in [2.05, 4.69) is 4.99 Å². The summed E-state index contributed by atoms with van der Waals surface area (Å²) in [6.45, 7) is 7.67. The summed E-state index contributed by atoms with van der Waals surface area (Å²) < 4.78 is 47.2. The van der Waals surface area contributed by atoms with Crippen LogP contribution in [0.3, 0.4) is 0 Å². The average molecular weight is 534 g/mol. The number of benzene rings is 2. The Balaban J connectivity index is 1.65. The van der Waals surface area contributed by atoms with Crippen LogP contribution in [-0.2, 0) is 26.0 Å². The van der Waals surface area contributed by atoms with Crippen molar-refractivity contribution < 1.29 is 27.4 Å². The molecule has 4 rings (SSSR count). The Bertz CT molecular complexity index is 1390. The van der Waals surface area contributed by atoms with Crippen LogP contribution in [0.25, 0.3) is 10.2 Å². The first-order valence-corrected chi connectivity index (χ1v) is 14.1. The number of hydrogen-bond donors (Lipinski definition) is 0. The molecule has 1 saturated heterocycles. The van der Waals surface area contributed by atoms with Crippen molar-refractivity contribution in [2.75, 3.05) is 33.4 Å². The lowest BCUT2D eigenvalue weighted by atomic mass is 10.2. The molecular weight excluding hydrogens is 502 g/mol. The van der Waals surface area contributed by atoms with Crippen molar-refractivity contribution >= 4 is 37.5 Å². The summed E-state index contributed by atoms with van der Waals surface area (Å²) in [7, 11) is -2.07. The van der Waals surface area contributed by atoms with Crippen LogP contribution >= 0.6 is 11.3 Å². The van der Waals surface area contributed by atoms with Crippen LogP contribution in [0.5, 0.6) is 5.75 Å². The number of thiazole rings is 1. The number of methoxy groups -OCH3 is 1. The maximum atomic E-state index is 13.1. The van der Waals surface area contributed by atoms with Gasteiger partial charge in [0.2, 0.25) is 10.0 Å². The number of para-hydroxylation sites is 1. The Morgan fingerprint density at radius 1 is 1.14 bits per heavy atom. The van der Waals surface area contributed by atoms with Crippen molar-refractivity contribution in [2.24, 2.45) is 4.99 Å². The third-order valence-electron chi connectivity index (χ3n) is 5.81. The number of carbonyl (C=O) groups excluding carboxylic acids is 1. The van der Waals surface area contributed by atoms with Crippen molar-refractivity contribution in [1.29, 1.82) is 0 Å². The fraction of sp³-hybridized carbons (Fsp3) is 0.440. The predicted octanol–water partition coefficient (Wildman–Crippen LogP) is 3.29. The first-order chi connectivity index (χ1) is 17.2. The van der Waals surface area contributed by atoms with Gasteiger partial charge in [0.15, 0.2) is 4.80 Å². The van der Waals surface area contributed by atoms with Crippen molar-refractivity contribution in [2.45, 2.75) is 44.4 Å². The second kappa shape index (κ2) is 11.2. The summed E-state index contributed by atoms with van der Waals surface area (Å²) in [5.74, 6) is 0.265. The molecule has 1 aliphatic heterocycles. The van der Waals surface area contributed by atoms with Crippen molar-refractivity contribution in [3.8, 4) is 5.75 Å². The number of carbonyl (C=O) groups is 1. The average Bonchev–Trinajstić information content (AvgIpc) is 3.20. The fourth-order valence-corrected chi connectivity index (χ4v) is 6.90. The van der Waals surface area contributed by atoms with Crippen molar-refractivity contribution in [3.05, 3.63) is 52.8 Å². The molecule has 1 amide bonds. The van der Waals surface area contributed by atoms with Crippen LogP contribution in [0.15, 0.2) is 52.4 Å². The Morgan fingerprint density at radius 2 is 1.83 bits per heavy atom. The quantitative estimate of drug-likeness (QED) is 0.441. The maximum absolute atomic E-state index is 13.1. The van der Waals surface area contributed by atoms with Crippen LogP contribution in [0.4, 0.5) is 0 Å². The second-order valence-electron chi connectivity index (χ2n) is 8.59. The number of ether oxygens (including phenoxy) is 3. The summed E-state index contributed by atoms with van der Waals surface area (Å²) in [6.07, 6.45) is -0.366. The van der Waals surface area contributed by atoms with Crippen LogP contribution in [-0.4, -0.2) is 68.8 Å². The largest absolute Gasteiger partial charge is 0.492 e. The van der Waals surface area contributed by atoms with E-state index in [-0.39, 0.29) is 17.1 Å². The molecule has 194 valence electrons. The highest BCUT2D eigenvalue weighted by Gasteiger charge is 2.32. The SMILES string of the molecule is CCOc1cccc2sc(=NC(=O)c3ccc(S(=O)(=O)N4CC(C)OC(C)C4)cc3)n(CCOC)c12. The lowest BCUT2D eigenvalue weighted by molar-refractivity contribution is -0.0440. The standard InChI is InChI=1S/C25H31N3O6S2/c1-5-33-21-7-6-8-22-23(21)28(13-14-32-4)25(35-22)26-24(29)19-9-11-20(12-10-19)36(30,31)27-15-17(2)34-18(3)16-27/h6-12,17-18H,5,13-16H2,1-4H3. The number of nitrogens with zero attached hydrogens (tertiary/aromatic N) is 3. The fourth-order valence-electron chi connectivity index (χ4n) is 4.24. The molecule has 2 atom stereocenters. The molecule has 0 bridgehead atoms. The molecule has 1 fully saturated rings. The van der Waals surface area contributed by atoms with Gasteiger partial charge in [-0.15, -0.1) is 0 Å². The van der Waals surface area contributed by atoms with Crippen molar-refractivity contribution in [1.82, 2.24) is 8.87 Å². The Hall–Kier alpha value is -2.57. The first-order valence-electron chi connectivity index (χ1n) is 11.8. The smallest absolute Gasteiger partial charge is 0.279 e. The van der Waals surface area contributed by atoms with Gasteiger partial charge in [0.1, 0.15) is 11.3 Å². The van der Waals surface area contributed by atoms with E-state index in [1.165, 1.54) is 39.9 Å². The van der Waals surface area contributed by atoms with Crippen LogP contribution in [0.2, 0.25) is 0 Å². The predicted molar refractivity (Wildman–Crippen MR) is 138 cm³/mol. The molecule has 0 radical (unpaired) electrons. The molecule has 3 aromatic rings. The van der Waals surface area contributed by atoms with Gasteiger partial charge in [-0.1, -0.05) is 17.4 Å². The molecule has 9 nitrogen and oxygen atoms in total. The minimum atomic E-state index is -3.69. The zero-order valence-electron chi connectivity index (χ0n) is 20.8. The highest BCUT2D eigenvalue weighted by Crippen LogP contribution is 2.28. The molecule has 1 aromatic heterocycles. The zero-order valence-corrected chi connectivity index (χ0v) is 22.5. The zero-order chi connectivity index (χ0) is 25.9. The van der Waals surface area contributed by atoms with Gasteiger partial charge in [-0.05, 0) is 57.2 Å². The number of aromatic nitrogens is 1. The molecule has 0 aliphatic carbocycles. The van der Waals surface area contributed by atoms with E-state index in [1.807, 2.05) is 43.5 Å². The van der Waals surface area contributed by atoms with Gasteiger partial charge in [-0.25, -0.2) is 8.42 Å². The third-order valence-corrected chi connectivity index (χ3v) is 8.69. The van der Waals surface area contributed by atoms with Gasteiger partial charge in [-0.2, -0.15) is 9.30 Å². The van der Waals surface area contributed by atoms with Crippen LogP contribution < -0.4 is 9.54 Å². The van der Waals surface area contributed by atoms with E-state index in [9.17, 15) is 13.2 Å². The first kappa shape index (κ1) is 26.5. The molecule has 0 spiro atoms. The maximum Gasteiger partial charge on any atom is 0.279 e. The summed E-state index contributed by atoms with van der Waals surface area (Å²) in [4.78, 5) is 18.1. The van der Waals surface area contributed by atoms with Gasteiger partial charge in [0, 0.05) is 32.3 Å². The minimum Gasteiger partial charge on any atom is -0.492 e. The Morgan fingerprint density at radius 3 is 2.47 bits per heavy atom. The van der Waals surface area contributed by atoms with Gasteiger partial charge in [0.25, 0.3) is 5.91 Å². The topological polar surface area (TPSA) is 99.4 Å².